The van der Waals surface area contributed by atoms with Gasteiger partial charge in [-0.1, -0.05) is 0 Å². The van der Waals surface area contributed by atoms with Gasteiger partial charge in [-0.15, -0.1) is 23.1 Å². The fraction of sp³-hybridized carbons (Fsp3) is 0.316. The summed E-state index contributed by atoms with van der Waals surface area (Å²) in [7, 11) is 1.57. The van der Waals surface area contributed by atoms with Gasteiger partial charge in [0.2, 0.25) is 11.8 Å². The number of ether oxygens (including phenoxy) is 1. The first-order valence-electron chi connectivity index (χ1n) is 8.78. The van der Waals surface area contributed by atoms with Crippen molar-refractivity contribution in [1.82, 2.24) is 10.2 Å². The highest BCUT2D eigenvalue weighted by atomic mass is 79.9. The molecule has 2 N–H and O–H groups in total. The third-order valence-electron chi connectivity index (χ3n) is 4.34. The Hall–Kier alpha value is -2.04. The summed E-state index contributed by atoms with van der Waals surface area (Å²) in [5.74, 6) is 0.755. The van der Waals surface area contributed by atoms with Gasteiger partial charge in [-0.05, 0) is 59.3 Å². The number of carbonyl (C=O) groups excluding carboxylic acids is 3. The zero-order valence-corrected chi connectivity index (χ0v) is 19.0. The third kappa shape index (κ3) is 5.31. The van der Waals surface area contributed by atoms with E-state index in [4.69, 9.17) is 4.74 Å². The molecule has 7 nitrogen and oxygen atoms in total. The third-order valence-corrected chi connectivity index (χ3v) is 6.98. The van der Waals surface area contributed by atoms with Crippen LogP contribution in [0.3, 0.4) is 0 Å². The molecule has 2 heterocycles. The first-order chi connectivity index (χ1) is 13.9. The monoisotopic (exact) mass is 497 g/mol. The van der Waals surface area contributed by atoms with Crippen molar-refractivity contribution in [2.45, 2.75) is 19.0 Å². The van der Waals surface area contributed by atoms with Crippen molar-refractivity contribution in [2.24, 2.45) is 0 Å². The predicted octanol–water partition coefficient (Wildman–Crippen LogP) is 3.18. The number of nitrogens with zero attached hydrogens (tertiary/aromatic N) is 1. The SMILES string of the molecule is COc1ccc(NC(=O)C2CSCN2C(=O)C(C)NC(=O)c2ccc(Br)s2)cc1. The van der Waals surface area contributed by atoms with Crippen molar-refractivity contribution in [1.29, 1.82) is 0 Å². The topological polar surface area (TPSA) is 87.7 Å². The lowest BCUT2D eigenvalue weighted by Crippen LogP contribution is -2.52. The van der Waals surface area contributed by atoms with E-state index < -0.39 is 12.1 Å². The van der Waals surface area contributed by atoms with E-state index in [1.807, 2.05) is 0 Å². The van der Waals surface area contributed by atoms with Crippen molar-refractivity contribution in [2.75, 3.05) is 24.1 Å². The molecule has 0 bridgehead atoms. The van der Waals surface area contributed by atoms with Gasteiger partial charge < -0.3 is 20.3 Å². The molecule has 10 heteroatoms. The fourth-order valence-corrected chi connectivity index (χ4v) is 5.24. The summed E-state index contributed by atoms with van der Waals surface area (Å²) < 4.78 is 5.95. The van der Waals surface area contributed by atoms with E-state index in [0.717, 1.165) is 3.79 Å². The number of nitrogens with one attached hydrogen (secondary N) is 2. The van der Waals surface area contributed by atoms with Gasteiger partial charge in [-0.3, -0.25) is 14.4 Å². The van der Waals surface area contributed by atoms with Crippen LogP contribution in [0.15, 0.2) is 40.2 Å². The molecule has 1 fully saturated rings. The number of amides is 3. The van der Waals surface area contributed by atoms with Gasteiger partial charge >= 0.3 is 0 Å². The lowest BCUT2D eigenvalue weighted by atomic mass is 10.2. The van der Waals surface area contributed by atoms with Crippen LogP contribution >= 0.6 is 39.0 Å². The van der Waals surface area contributed by atoms with Crippen molar-refractivity contribution < 1.29 is 19.1 Å². The second-order valence-corrected chi connectivity index (χ2v) is 9.80. The van der Waals surface area contributed by atoms with Crippen LogP contribution in [-0.4, -0.2) is 53.4 Å². The highest BCUT2D eigenvalue weighted by Gasteiger charge is 2.37. The Balaban J connectivity index is 1.61. The zero-order valence-electron chi connectivity index (χ0n) is 15.8. The molecule has 3 rings (SSSR count). The summed E-state index contributed by atoms with van der Waals surface area (Å²) in [5, 5.41) is 5.55. The zero-order chi connectivity index (χ0) is 21.0. The minimum atomic E-state index is -0.738. The summed E-state index contributed by atoms with van der Waals surface area (Å²) in [5.41, 5.74) is 0.629. The number of thioether (sulfide) groups is 1. The Kier molecular flexibility index (Phi) is 7.20. The number of anilines is 1. The average Bonchev–Trinajstić information content (AvgIpc) is 3.37. The van der Waals surface area contributed by atoms with E-state index in [2.05, 4.69) is 26.6 Å². The molecule has 2 unspecified atom stereocenters. The second-order valence-electron chi connectivity index (χ2n) is 6.34. The molecule has 1 aromatic carbocycles. The molecule has 1 aromatic heterocycles. The Morgan fingerprint density at radius 1 is 1.21 bits per heavy atom. The van der Waals surface area contributed by atoms with E-state index in [-0.39, 0.29) is 17.7 Å². The molecule has 0 aliphatic carbocycles. The maximum absolute atomic E-state index is 12.9. The summed E-state index contributed by atoms with van der Waals surface area (Å²) in [6, 6.07) is 9.13. The summed E-state index contributed by atoms with van der Waals surface area (Å²) in [6.07, 6.45) is 0. The molecule has 29 heavy (non-hydrogen) atoms. The molecule has 2 aromatic rings. The van der Waals surface area contributed by atoms with Gasteiger partial charge in [0.25, 0.3) is 5.91 Å². The Labute approximate surface area is 185 Å². The minimum Gasteiger partial charge on any atom is -0.497 e. The van der Waals surface area contributed by atoms with Gasteiger partial charge in [-0.2, -0.15) is 0 Å². The number of thiophene rings is 1. The van der Waals surface area contributed by atoms with Crippen LogP contribution in [0.5, 0.6) is 5.75 Å². The van der Waals surface area contributed by atoms with Gasteiger partial charge in [0.05, 0.1) is 21.7 Å². The Morgan fingerprint density at radius 3 is 2.55 bits per heavy atom. The largest absolute Gasteiger partial charge is 0.497 e. The van der Waals surface area contributed by atoms with Crippen molar-refractivity contribution in [3.8, 4) is 5.75 Å². The first kappa shape index (κ1) is 21.7. The molecular weight excluding hydrogens is 478 g/mol. The van der Waals surface area contributed by atoms with E-state index in [1.54, 1.807) is 50.4 Å². The molecule has 3 amide bonds. The Morgan fingerprint density at radius 2 is 1.93 bits per heavy atom. The van der Waals surface area contributed by atoms with Crippen LogP contribution in [-0.2, 0) is 9.59 Å². The number of hydrogen-bond acceptors (Lipinski definition) is 6. The molecular formula is C19H20BrN3O4S2. The summed E-state index contributed by atoms with van der Waals surface area (Å²) >= 11 is 6.12. The number of methoxy groups -OCH3 is 1. The highest BCUT2D eigenvalue weighted by Crippen LogP contribution is 2.25. The molecule has 1 aliphatic heterocycles. The lowest BCUT2D eigenvalue weighted by Gasteiger charge is -2.26. The molecule has 2 atom stereocenters. The fourth-order valence-electron chi connectivity index (χ4n) is 2.79. The van der Waals surface area contributed by atoms with E-state index in [0.29, 0.717) is 27.9 Å². The smallest absolute Gasteiger partial charge is 0.262 e. The lowest BCUT2D eigenvalue weighted by molar-refractivity contribution is -0.137. The average molecular weight is 498 g/mol. The van der Waals surface area contributed by atoms with Gasteiger partial charge in [0.1, 0.15) is 17.8 Å². The number of benzene rings is 1. The van der Waals surface area contributed by atoms with E-state index in [9.17, 15) is 14.4 Å². The molecule has 1 saturated heterocycles. The van der Waals surface area contributed by atoms with Crippen molar-refractivity contribution >= 4 is 62.4 Å². The molecule has 0 spiro atoms. The van der Waals surface area contributed by atoms with Crippen LogP contribution in [0.25, 0.3) is 0 Å². The maximum Gasteiger partial charge on any atom is 0.262 e. The van der Waals surface area contributed by atoms with E-state index >= 15 is 0 Å². The first-order valence-corrected chi connectivity index (χ1v) is 11.5. The van der Waals surface area contributed by atoms with Crippen LogP contribution in [0.4, 0.5) is 5.69 Å². The van der Waals surface area contributed by atoms with E-state index in [1.165, 1.54) is 28.0 Å². The number of hydrogen-bond donors (Lipinski definition) is 2. The van der Waals surface area contributed by atoms with Crippen molar-refractivity contribution in [3.05, 3.63) is 45.1 Å². The summed E-state index contributed by atoms with van der Waals surface area (Å²) in [6.45, 7) is 1.63. The highest BCUT2D eigenvalue weighted by molar-refractivity contribution is 9.11. The van der Waals surface area contributed by atoms with Crippen LogP contribution in [0, 0.1) is 0 Å². The van der Waals surface area contributed by atoms with Gasteiger partial charge in [0, 0.05) is 11.4 Å². The maximum atomic E-state index is 12.9. The molecule has 0 radical (unpaired) electrons. The second kappa shape index (κ2) is 9.64. The van der Waals surface area contributed by atoms with Gasteiger partial charge in [-0.25, -0.2) is 0 Å². The van der Waals surface area contributed by atoms with Crippen LogP contribution in [0.1, 0.15) is 16.6 Å². The summed E-state index contributed by atoms with van der Waals surface area (Å²) in [4.78, 5) is 39.9. The number of rotatable bonds is 6. The minimum absolute atomic E-state index is 0.255. The van der Waals surface area contributed by atoms with Crippen molar-refractivity contribution in [3.63, 3.8) is 0 Å². The number of carbonyl (C=O) groups is 3. The molecule has 0 saturated carbocycles. The predicted molar refractivity (Wildman–Crippen MR) is 119 cm³/mol. The van der Waals surface area contributed by atoms with Crippen LogP contribution in [0.2, 0.25) is 0 Å². The standard InChI is InChI=1S/C19H20BrN3O4S2/c1-11(21-18(25)15-7-8-16(20)29-15)19(26)23-10-28-9-14(23)17(24)22-12-3-5-13(27-2)6-4-12/h3-8,11,14H,9-10H2,1-2H3,(H,21,25)(H,22,24). The van der Waals surface area contributed by atoms with Crippen LogP contribution < -0.4 is 15.4 Å². The number of halogens is 1. The Bertz CT molecular complexity index is 903. The quantitative estimate of drug-likeness (QED) is 0.639. The molecule has 154 valence electrons. The molecule has 1 aliphatic rings. The van der Waals surface area contributed by atoms with Gasteiger partial charge in [0.15, 0.2) is 0 Å². The normalized spacial score (nSPS) is 16.9.